The fourth-order valence-corrected chi connectivity index (χ4v) is 0. The van der Waals surface area contributed by atoms with Crippen LogP contribution in [0, 0.1) is 0 Å². The molecule has 10 heavy (non-hydrogen) atoms. The highest BCUT2D eigenvalue weighted by Gasteiger charge is 1.69. The minimum Gasteiger partial charge on any atom is -0.394 e. The van der Waals surface area contributed by atoms with E-state index in [1.165, 1.54) is 13.8 Å². The molecule has 0 rings (SSSR count). The van der Waals surface area contributed by atoms with Crippen molar-refractivity contribution in [1.82, 2.24) is 0 Å². The minimum atomic E-state index is -0.167. The lowest BCUT2D eigenvalue weighted by Crippen LogP contribution is -1.85. The molecule has 0 bridgehead atoms. The van der Waals surface area contributed by atoms with Crippen molar-refractivity contribution in [2.45, 2.75) is 48.7 Å². The van der Waals surface area contributed by atoms with Gasteiger partial charge in [-0.05, 0) is 27.7 Å². The summed E-state index contributed by atoms with van der Waals surface area (Å²) in [7, 11) is 0. The number of aliphatic hydroxyl groups excluding tert-OH is 1. The molecule has 0 amide bonds. The Labute approximate surface area is 66.8 Å². The van der Waals surface area contributed by atoms with Gasteiger partial charge in [-0.15, -0.1) is 0 Å². The second-order valence-corrected chi connectivity index (χ2v) is 2.00. The van der Waals surface area contributed by atoms with Gasteiger partial charge in [-0.1, -0.05) is 14.9 Å². The van der Waals surface area contributed by atoms with Gasteiger partial charge in [-0.3, -0.25) is 0 Å². The molecule has 0 aliphatic carbocycles. The molecular weight excluding hydrogens is 128 g/mol. The highest BCUT2D eigenvalue weighted by atomic mass is 16.3. The van der Waals surface area contributed by atoms with Gasteiger partial charge in [0.05, 0.1) is 0 Å². The Morgan fingerprint density at radius 3 is 1.30 bits per heavy atom. The van der Waals surface area contributed by atoms with E-state index in [-0.39, 0.29) is 28.2 Å². The molecule has 0 saturated heterocycles. The van der Waals surface area contributed by atoms with E-state index in [4.69, 9.17) is 5.11 Å². The molecule has 0 aliphatic rings. The van der Waals surface area contributed by atoms with E-state index in [9.17, 15) is 4.79 Å². The summed E-state index contributed by atoms with van der Waals surface area (Å²) < 4.78 is 0. The number of hydrogen-bond acceptors (Lipinski definition) is 2. The quantitative estimate of drug-likeness (QED) is 0.577. The average Bonchev–Trinajstić information content (AvgIpc) is 1.25. The summed E-state index contributed by atoms with van der Waals surface area (Å²) >= 11 is 0. The van der Waals surface area contributed by atoms with Crippen LogP contribution in [0.4, 0.5) is 0 Å². The number of rotatable bonds is 0. The van der Waals surface area contributed by atoms with Gasteiger partial charge in [0.2, 0.25) is 0 Å². The van der Waals surface area contributed by atoms with Crippen molar-refractivity contribution in [2.75, 3.05) is 0 Å². The van der Waals surface area contributed by atoms with Crippen LogP contribution in [-0.4, -0.2) is 17.0 Å². The molecule has 1 N–H and O–H groups in total. The summed E-state index contributed by atoms with van der Waals surface area (Å²) in [6.45, 7) is 6.50. The number of carbonyl (C=O) groups is 1. The van der Waals surface area contributed by atoms with Crippen molar-refractivity contribution in [3.63, 3.8) is 0 Å². The molecule has 0 unspecified atom stereocenters. The van der Waals surface area contributed by atoms with Crippen LogP contribution in [0.15, 0.2) is 0 Å². The van der Waals surface area contributed by atoms with Gasteiger partial charge in [0, 0.05) is 6.10 Å². The SMILES string of the molecule is C.C.CC(C)=O.CC(C)O.[H+]. The van der Waals surface area contributed by atoms with E-state index in [1.807, 2.05) is 0 Å². The minimum absolute atomic E-state index is 0. The summed E-state index contributed by atoms with van der Waals surface area (Å²) in [5, 5.41) is 8.06. The molecule has 2 nitrogen and oxygen atoms in total. The summed E-state index contributed by atoms with van der Waals surface area (Å²) in [5.41, 5.74) is 0. The van der Waals surface area contributed by atoms with Gasteiger partial charge in [0.15, 0.2) is 0 Å². The van der Waals surface area contributed by atoms with Gasteiger partial charge in [0.1, 0.15) is 5.78 Å². The third-order valence-electron chi connectivity index (χ3n) is 0. The molecule has 0 aromatic rings. The Bertz CT molecular complexity index is 56.4. The first-order valence-electron chi connectivity index (χ1n) is 2.62. The predicted octanol–water partition coefficient (Wildman–Crippen LogP) is 2.37. The van der Waals surface area contributed by atoms with Crippen LogP contribution in [0.2, 0.25) is 0 Å². The van der Waals surface area contributed by atoms with Crippen LogP contribution in [-0.2, 0) is 4.79 Å². The zero-order valence-electron chi connectivity index (χ0n) is 6.93. The van der Waals surface area contributed by atoms with Gasteiger partial charge in [0.25, 0.3) is 0 Å². The number of Topliss-reactive ketones (excluding diaryl/α,β-unsaturated/α-hetero) is 1. The Morgan fingerprint density at radius 2 is 1.30 bits per heavy atom. The van der Waals surface area contributed by atoms with Gasteiger partial charge >= 0.3 is 1.43 Å². The molecule has 0 aromatic carbocycles. The maximum Gasteiger partial charge on any atom is 1.00 e. The maximum absolute atomic E-state index is 9.44. The molecule has 66 valence electrons. The van der Waals surface area contributed by atoms with Crippen molar-refractivity contribution < 1.29 is 11.3 Å². The second-order valence-electron chi connectivity index (χ2n) is 2.00. The largest absolute Gasteiger partial charge is 1.00 e. The number of carbonyl (C=O) groups excluding carboxylic acids is 1. The number of aliphatic hydroxyl groups is 1. The summed E-state index contributed by atoms with van der Waals surface area (Å²) in [6.07, 6.45) is -0.167. The Balaban J connectivity index is -0.0000000171. The normalized spacial score (nSPS) is 6.20. The summed E-state index contributed by atoms with van der Waals surface area (Å²) in [4.78, 5) is 9.44. The van der Waals surface area contributed by atoms with Crippen molar-refractivity contribution >= 4 is 5.78 Å². The smallest absolute Gasteiger partial charge is 0.394 e. The van der Waals surface area contributed by atoms with Crippen LogP contribution < -0.4 is 0 Å². The second kappa shape index (κ2) is 15.9. The van der Waals surface area contributed by atoms with E-state index in [0.29, 0.717) is 0 Å². The molecule has 0 saturated carbocycles. The molecule has 0 aromatic heterocycles. The zero-order valence-corrected chi connectivity index (χ0v) is 5.93. The maximum atomic E-state index is 9.44. The number of hydrogen-bond donors (Lipinski definition) is 1. The first-order chi connectivity index (χ1) is 3.46. The van der Waals surface area contributed by atoms with Crippen LogP contribution in [0.5, 0.6) is 0 Å². The first kappa shape index (κ1) is 22.6. The summed E-state index contributed by atoms with van der Waals surface area (Å²) in [5.74, 6) is 0.167. The fraction of sp³-hybridized carbons (Fsp3) is 0.875. The highest BCUT2D eigenvalue weighted by molar-refractivity contribution is 5.72. The molecule has 0 heterocycles. The average molecular weight is 151 g/mol. The Hall–Kier alpha value is -0.370. The van der Waals surface area contributed by atoms with Crippen molar-refractivity contribution in [3.05, 3.63) is 0 Å². The first-order valence-corrected chi connectivity index (χ1v) is 2.62. The Kier molecular flexibility index (Phi) is 35.9. The highest BCUT2D eigenvalue weighted by Crippen LogP contribution is 1.65. The fourth-order valence-electron chi connectivity index (χ4n) is 0. The van der Waals surface area contributed by atoms with E-state index < -0.39 is 0 Å². The molecule has 0 fully saturated rings. The van der Waals surface area contributed by atoms with E-state index >= 15 is 0 Å². The Morgan fingerprint density at radius 1 is 1.30 bits per heavy atom. The summed E-state index contributed by atoms with van der Waals surface area (Å²) in [6, 6.07) is 0. The predicted molar refractivity (Wildman–Crippen MR) is 48.3 cm³/mol. The van der Waals surface area contributed by atoms with Crippen molar-refractivity contribution in [3.8, 4) is 0 Å². The zero-order chi connectivity index (χ0) is 7.15. The van der Waals surface area contributed by atoms with Gasteiger partial charge in [-0.2, -0.15) is 0 Å². The lowest BCUT2D eigenvalue weighted by atomic mass is 10.5. The lowest BCUT2D eigenvalue weighted by Gasteiger charge is -1.80. The molecular formula is C8H23O2+. The van der Waals surface area contributed by atoms with Crippen molar-refractivity contribution in [1.29, 1.82) is 0 Å². The van der Waals surface area contributed by atoms with Crippen LogP contribution >= 0.6 is 0 Å². The van der Waals surface area contributed by atoms with Crippen LogP contribution in [0.1, 0.15) is 44.0 Å². The van der Waals surface area contributed by atoms with Gasteiger partial charge < -0.3 is 9.90 Å². The van der Waals surface area contributed by atoms with Crippen LogP contribution in [0.3, 0.4) is 0 Å². The molecule has 0 spiro atoms. The molecule has 2 heteroatoms. The lowest BCUT2D eigenvalue weighted by molar-refractivity contribution is -0.114. The topological polar surface area (TPSA) is 37.3 Å². The monoisotopic (exact) mass is 151 g/mol. The van der Waals surface area contributed by atoms with Crippen molar-refractivity contribution in [2.24, 2.45) is 0 Å². The standard InChI is InChI=1S/C3H8O.C3H6O.2CH4/c2*1-3(2)4;;/h3-4H,1-2H3;1-2H3;2*1H4/p+1. The third-order valence-corrected chi connectivity index (χ3v) is 0. The molecule has 0 radical (unpaired) electrons. The molecule has 0 aliphatic heterocycles. The van der Waals surface area contributed by atoms with Crippen LogP contribution in [0.25, 0.3) is 0 Å². The van der Waals surface area contributed by atoms with E-state index in [2.05, 4.69) is 0 Å². The number of ketones is 1. The molecule has 0 atom stereocenters. The van der Waals surface area contributed by atoms with E-state index in [0.717, 1.165) is 0 Å². The third kappa shape index (κ3) is 2450. The van der Waals surface area contributed by atoms with E-state index in [1.54, 1.807) is 13.8 Å². The van der Waals surface area contributed by atoms with Gasteiger partial charge in [-0.25, -0.2) is 0 Å².